The number of fused-ring (bicyclic) bond motifs is 1. The van der Waals surface area contributed by atoms with Gasteiger partial charge in [-0.2, -0.15) is 0 Å². The van der Waals surface area contributed by atoms with E-state index in [1.54, 1.807) is 6.07 Å². The number of sulfonamides is 1. The van der Waals surface area contributed by atoms with Gasteiger partial charge in [-0.3, -0.25) is 10.1 Å². The molecule has 0 atom stereocenters. The lowest BCUT2D eigenvalue weighted by atomic mass is 10.1. The van der Waals surface area contributed by atoms with Gasteiger partial charge in [0.25, 0.3) is 5.91 Å². The molecule has 1 aromatic heterocycles. The molecule has 9 heteroatoms. The minimum Gasteiger partial charge on any atom is -0.495 e. The molecule has 0 bridgehead atoms. The van der Waals surface area contributed by atoms with Crippen molar-refractivity contribution in [1.82, 2.24) is 9.71 Å². The summed E-state index contributed by atoms with van der Waals surface area (Å²) >= 11 is 1.39. The number of thiazole rings is 1. The number of aryl methyl sites for hydroxylation is 2. The van der Waals surface area contributed by atoms with Crippen molar-refractivity contribution in [2.24, 2.45) is 0 Å². The predicted molar refractivity (Wildman–Crippen MR) is 123 cm³/mol. The van der Waals surface area contributed by atoms with Crippen molar-refractivity contribution in [2.75, 3.05) is 12.4 Å². The Hall–Kier alpha value is -2.49. The van der Waals surface area contributed by atoms with Crippen LogP contribution < -0.4 is 14.8 Å². The van der Waals surface area contributed by atoms with Gasteiger partial charge in [-0.05, 0) is 62.1 Å². The monoisotopic (exact) mass is 459 g/mol. The maximum Gasteiger partial charge on any atom is 0.257 e. The van der Waals surface area contributed by atoms with E-state index in [2.05, 4.69) is 15.0 Å². The van der Waals surface area contributed by atoms with E-state index in [0.717, 1.165) is 47.0 Å². The van der Waals surface area contributed by atoms with E-state index in [0.29, 0.717) is 5.13 Å². The van der Waals surface area contributed by atoms with Crippen molar-refractivity contribution in [3.05, 3.63) is 47.0 Å². The van der Waals surface area contributed by atoms with Gasteiger partial charge in [0.2, 0.25) is 10.0 Å². The molecule has 7 nitrogen and oxygen atoms in total. The first kappa shape index (κ1) is 21.7. The molecule has 0 aliphatic heterocycles. The quantitative estimate of drug-likeness (QED) is 0.570. The number of nitrogens with one attached hydrogen (secondary N) is 2. The maximum absolute atomic E-state index is 13.0. The summed E-state index contributed by atoms with van der Waals surface area (Å²) in [7, 11) is -2.40. The molecule has 1 aliphatic carbocycles. The number of benzene rings is 2. The van der Waals surface area contributed by atoms with Gasteiger partial charge >= 0.3 is 0 Å². The van der Waals surface area contributed by atoms with Crippen molar-refractivity contribution in [1.29, 1.82) is 0 Å². The van der Waals surface area contributed by atoms with E-state index >= 15 is 0 Å². The van der Waals surface area contributed by atoms with Crippen molar-refractivity contribution < 1.29 is 17.9 Å². The lowest BCUT2D eigenvalue weighted by Gasteiger charge is -2.15. The second-order valence-corrected chi connectivity index (χ2v) is 10.6. The molecular weight excluding hydrogens is 434 g/mol. The molecule has 31 heavy (non-hydrogen) atoms. The molecule has 1 saturated carbocycles. The van der Waals surface area contributed by atoms with Crippen LogP contribution in [0, 0.1) is 13.8 Å². The Kier molecular flexibility index (Phi) is 6.00. The summed E-state index contributed by atoms with van der Waals surface area (Å²) in [5, 5.41) is 3.27. The topological polar surface area (TPSA) is 97.4 Å². The Labute approximate surface area is 185 Å². The molecule has 0 saturated heterocycles. The minimum absolute atomic E-state index is 0.0367. The third-order valence-corrected chi connectivity index (χ3v) is 7.90. The van der Waals surface area contributed by atoms with Crippen LogP contribution in [-0.4, -0.2) is 32.5 Å². The van der Waals surface area contributed by atoms with E-state index in [1.165, 1.54) is 30.6 Å². The fraction of sp³-hybridized carbons (Fsp3) is 0.364. The van der Waals surface area contributed by atoms with Crippen LogP contribution >= 0.6 is 11.3 Å². The van der Waals surface area contributed by atoms with Crippen LogP contribution in [-0.2, 0) is 10.0 Å². The summed E-state index contributed by atoms with van der Waals surface area (Å²) in [4.78, 5) is 17.4. The van der Waals surface area contributed by atoms with Crippen LogP contribution in [0.2, 0.25) is 0 Å². The number of hydrogen-bond donors (Lipinski definition) is 2. The summed E-state index contributed by atoms with van der Waals surface area (Å²) in [6, 6.07) is 8.40. The molecule has 164 valence electrons. The number of methoxy groups -OCH3 is 1. The molecule has 0 radical (unpaired) electrons. The van der Waals surface area contributed by atoms with Gasteiger partial charge < -0.3 is 4.74 Å². The third-order valence-electron chi connectivity index (χ3n) is 5.44. The van der Waals surface area contributed by atoms with Crippen molar-refractivity contribution in [2.45, 2.75) is 50.5 Å². The van der Waals surface area contributed by atoms with E-state index in [-0.39, 0.29) is 22.3 Å². The Morgan fingerprint density at radius 1 is 1.16 bits per heavy atom. The number of carbonyl (C=O) groups is 1. The van der Waals surface area contributed by atoms with Gasteiger partial charge in [0.1, 0.15) is 10.6 Å². The highest BCUT2D eigenvalue weighted by Gasteiger charge is 2.26. The van der Waals surface area contributed by atoms with Crippen LogP contribution in [0.25, 0.3) is 10.2 Å². The van der Waals surface area contributed by atoms with Gasteiger partial charge in [-0.25, -0.2) is 18.1 Å². The van der Waals surface area contributed by atoms with Gasteiger partial charge in [0.15, 0.2) is 5.13 Å². The third kappa shape index (κ3) is 4.58. The number of rotatable bonds is 6. The fourth-order valence-electron chi connectivity index (χ4n) is 3.95. The molecule has 1 heterocycles. The fourth-order valence-corrected chi connectivity index (χ4v) is 6.48. The SMILES string of the molecule is COc1ccc(C(=O)Nc2nc3c(C)cc(C)cc3s2)cc1S(=O)(=O)NC1CCCC1. The highest BCUT2D eigenvalue weighted by molar-refractivity contribution is 7.89. The molecule has 1 fully saturated rings. The second-order valence-electron chi connectivity index (χ2n) is 7.87. The first-order valence-corrected chi connectivity index (χ1v) is 12.5. The van der Waals surface area contributed by atoms with Crippen molar-refractivity contribution >= 4 is 42.6 Å². The average molecular weight is 460 g/mol. The van der Waals surface area contributed by atoms with Gasteiger partial charge in [0.05, 0.1) is 17.3 Å². The van der Waals surface area contributed by atoms with E-state index < -0.39 is 15.9 Å². The average Bonchev–Trinajstić information content (AvgIpc) is 3.36. The van der Waals surface area contributed by atoms with Crippen LogP contribution in [0.1, 0.15) is 47.2 Å². The van der Waals surface area contributed by atoms with Gasteiger partial charge in [-0.1, -0.05) is 30.2 Å². The molecule has 2 aromatic carbocycles. The normalized spacial score (nSPS) is 14.8. The standard InChI is InChI=1S/C22H25N3O4S2/c1-13-10-14(2)20-18(11-13)30-22(23-20)24-21(26)15-8-9-17(29-3)19(12-15)31(27,28)25-16-6-4-5-7-16/h8-12,16,25H,4-7H2,1-3H3,(H,23,24,26). The molecule has 1 amide bonds. The number of nitrogens with zero attached hydrogens (tertiary/aromatic N) is 1. The van der Waals surface area contributed by atoms with Crippen molar-refractivity contribution in [3.8, 4) is 5.75 Å². The molecule has 2 N–H and O–H groups in total. The number of aromatic nitrogens is 1. The number of amides is 1. The number of hydrogen-bond acceptors (Lipinski definition) is 6. The molecular formula is C22H25N3O4S2. The van der Waals surface area contributed by atoms with Crippen LogP contribution in [0.3, 0.4) is 0 Å². The smallest absolute Gasteiger partial charge is 0.257 e. The van der Waals surface area contributed by atoms with Crippen molar-refractivity contribution in [3.63, 3.8) is 0 Å². The first-order chi connectivity index (χ1) is 14.8. The summed E-state index contributed by atoms with van der Waals surface area (Å²) < 4.78 is 34.9. The highest BCUT2D eigenvalue weighted by atomic mass is 32.2. The number of ether oxygens (including phenoxy) is 1. The predicted octanol–water partition coefficient (Wildman–Crippen LogP) is 4.39. The Morgan fingerprint density at radius 3 is 2.61 bits per heavy atom. The van der Waals surface area contributed by atoms with Gasteiger partial charge in [-0.15, -0.1) is 0 Å². The summed E-state index contributed by atoms with van der Waals surface area (Å²) in [5.74, 6) is -0.221. The molecule has 3 aromatic rings. The lowest BCUT2D eigenvalue weighted by Crippen LogP contribution is -2.33. The molecule has 0 spiro atoms. The van der Waals surface area contributed by atoms with Gasteiger partial charge in [0, 0.05) is 11.6 Å². The molecule has 1 aliphatic rings. The summed E-state index contributed by atoms with van der Waals surface area (Å²) in [6.45, 7) is 4.00. The van der Waals surface area contributed by atoms with E-state index in [4.69, 9.17) is 4.74 Å². The summed E-state index contributed by atoms with van der Waals surface area (Å²) in [6.07, 6.45) is 3.65. The molecule has 0 unspecified atom stereocenters. The van der Waals surface area contributed by atoms with Crippen LogP contribution in [0.15, 0.2) is 35.2 Å². The largest absolute Gasteiger partial charge is 0.495 e. The van der Waals surface area contributed by atoms with Crippen LogP contribution in [0.4, 0.5) is 5.13 Å². The summed E-state index contributed by atoms with van der Waals surface area (Å²) in [5.41, 5.74) is 3.25. The zero-order valence-corrected chi connectivity index (χ0v) is 19.3. The lowest BCUT2D eigenvalue weighted by molar-refractivity contribution is 0.102. The maximum atomic E-state index is 13.0. The Morgan fingerprint density at radius 2 is 1.90 bits per heavy atom. The minimum atomic E-state index is -3.81. The number of anilines is 1. The first-order valence-electron chi connectivity index (χ1n) is 10.2. The Balaban J connectivity index is 1.61. The van der Waals surface area contributed by atoms with E-state index in [1.807, 2.05) is 26.0 Å². The highest BCUT2D eigenvalue weighted by Crippen LogP contribution is 2.31. The number of carbonyl (C=O) groups excluding carboxylic acids is 1. The molecule has 4 rings (SSSR count). The van der Waals surface area contributed by atoms with E-state index in [9.17, 15) is 13.2 Å². The zero-order valence-electron chi connectivity index (χ0n) is 17.7. The zero-order chi connectivity index (χ0) is 22.2. The van der Waals surface area contributed by atoms with Crippen LogP contribution in [0.5, 0.6) is 5.75 Å². The Bertz CT molecular complexity index is 1250. The second kappa shape index (κ2) is 8.57.